The number of benzene rings is 1. The number of rotatable bonds is 7. The van der Waals surface area contributed by atoms with E-state index >= 15 is 0 Å². The van der Waals surface area contributed by atoms with E-state index in [0.29, 0.717) is 17.9 Å². The molecule has 2 aromatic rings. The van der Waals surface area contributed by atoms with Crippen molar-refractivity contribution in [3.05, 3.63) is 59.4 Å². The number of aryl methyl sites for hydroxylation is 1. The quantitative estimate of drug-likeness (QED) is 0.561. The summed E-state index contributed by atoms with van der Waals surface area (Å²) in [6, 6.07) is 11.4. The van der Waals surface area contributed by atoms with Gasteiger partial charge in [0.2, 0.25) is 0 Å². The fourth-order valence-corrected chi connectivity index (χ4v) is 4.19. The van der Waals surface area contributed by atoms with Gasteiger partial charge in [0, 0.05) is 12.7 Å². The molecule has 1 N–H and O–H groups in total. The van der Waals surface area contributed by atoms with E-state index in [-0.39, 0.29) is 5.91 Å². The lowest BCUT2D eigenvalue weighted by Gasteiger charge is -2.26. The molecule has 2 aliphatic rings. The molecular formula is C24H30N4O2. The molecule has 0 atom stereocenters. The van der Waals surface area contributed by atoms with Gasteiger partial charge >= 0.3 is 0 Å². The van der Waals surface area contributed by atoms with Crippen molar-refractivity contribution < 1.29 is 9.53 Å². The van der Waals surface area contributed by atoms with Gasteiger partial charge in [-0.3, -0.25) is 9.78 Å². The number of hydrogen-bond acceptors (Lipinski definition) is 5. The maximum Gasteiger partial charge on any atom is 0.275 e. The molecule has 30 heavy (non-hydrogen) atoms. The highest BCUT2D eigenvalue weighted by Gasteiger charge is 2.18. The lowest BCUT2D eigenvalue weighted by atomic mass is 9.95. The predicted molar refractivity (Wildman–Crippen MR) is 118 cm³/mol. The normalized spacial score (nSPS) is 18.1. The number of nitrogens with one attached hydrogen (secondary N) is 1. The van der Waals surface area contributed by atoms with Gasteiger partial charge in [-0.25, -0.2) is 5.43 Å². The molecule has 6 nitrogen and oxygen atoms in total. The van der Waals surface area contributed by atoms with Gasteiger partial charge in [-0.2, -0.15) is 5.10 Å². The van der Waals surface area contributed by atoms with Crippen LogP contribution in [-0.2, 0) is 6.42 Å². The number of carbonyl (C=O) groups excluding carboxylic acids is 1. The molecule has 1 fully saturated rings. The van der Waals surface area contributed by atoms with Crippen LogP contribution in [-0.4, -0.2) is 47.7 Å². The Hall–Kier alpha value is -2.73. The number of carbonyl (C=O) groups is 1. The molecule has 4 rings (SSSR count). The summed E-state index contributed by atoms with van der Waals surface area (Å²) in [6.07, 6.45) is 9.52. The third kappa shape index (κ3) is 5.25. The van der Waals surface area contributed by atoms with Crippen molar-refractivity contribution >= 4 is 11.6 Å². The van der Waals surface area contributed by atoms with E-state index in [0.717, 1.165) is 43.6 Å². The van der Waals surface area contributed by atoms with E-state index in [2.05, 4.69) is 26.5 Å². The number of hydrogen-bond donors (Lipinski definition) is 1. The number of aromatic nitrogens is 1. The van der Waals surface area contributed by atoms with Crippen molar-refractivity contribution in [1.82, 2.24) is 15.3 Å². The van der Waals surface area contributed by atoms with Crippen LogP contribution in [0.25, 0.3) is 0 Å². The zero-order chi connectivity index (χ0) is 20.6. The number of fused-ring (bicyclic) bond motifs is 1. The number of ether oxygens (including phenoxy) is 1. The summed E-state index contributed by atoms with van der Waals surface area (Å²) in [4.78, 5) is 19.7. The van der Waals surface area contributed by atoms with Gasteiger partial charge < -0.3 is 9.64 Å². The molecule has 1 aliphatic heterocycles. The summed E-state index contributed by atoms with van der Waals surface area (Å²) in [5, 5.41) is 4.39. The Balaban J connectivity index is 1.34. The Morgan fingerprint density at radius 3 is 2.83 bits per heavy atom. The minimum absolute atomic E-state index is 0.253. The van der Waals surface area contributed by atoms with E-state index in [4.69, 9.17) is 4.74 Å². The molecule has 158 valence electrons. The number of para-hydroxylation sites is 1. The lowest BCUT2D eigenvalue weighted by Crippen LogP contribution is -2.31. The monoisotopic (exact) mass is 406 g/mol. The van der Waals surface area contributed by atoms with Crippen molar-refractivity contribution in [2.24, 2.45) is 5.10 Å². The minimum Gasteiger partial charge on any atom is -0.493 e. The smallest absolute Gasteiger partial charge is 0.275 e. The van der Waals surface area contributed by atoms with Crippen LogP contribution in [0.5, 0.6) is 5.75 Å². The first-order chi connectivity index (χ1) is 14.8. The van der Waals surface area contributed by atoms with Crippen molar-refractivity contribution in [3.63, 3.8) is 0 Å². The van der Waals surface area contributed by atoms with Gasteiger partial charge in [0.25, 0.3) is 5.91 Å². The lowest BCUT2D eigenvalue weighted by molar-refractivity contribution is 0.0950. The molecule has 6 heteroatoms. The Morgan fingerprint density at radius 2 is 1.93 bits per heavy atom. The number of pyridine rings is 1. The Labute approximate surface area is 178 Å². The summed E-state index contributed by atoms with van der Waals surface area (Å²) in [7, 11) is 0. The number of likely N-dealkylation sites (tertiary alicyclic amines) is 1. The maximum atomic E-state index is 12.8. The summed E-state index contributed by atoms with van der Waals surface area (Å²) in [5.41, 5.74) is 6.15. The highest BCUT2D eigenvalue weighted by atomic mass is 16.5. The minimum atomic E-state index is -0.253. The maximum absolute atomic E-state index is 12.8. The first kappa shape index (κ1) is 20.5. The van der Waals surface area contributed by atoms with Gasteiger partial charge in [-0.15, -0.1) is 0 Å². The predicted octanol–water partition coefficient (Wildman–Crippen LogP) is 3.81. The fraction of sp³-hybridized carbons (Fsp3) is 0.458. The zero-order valence-electron chi connectivity index (χ0n) is 17.5. The topological polar surface area (TPSA) is 66.8 Å². The Morgan fingerprint density at radius 1 is 1.07 bits per heavy atom. The molecule has 0 unspecified atom stereocenters. The van der Waals surface area contributed by atoms with E-state index in [1.807, 2.05) is 24.3 Å². The van der Waals surface area contributed by atoms with Crippen molar-refractivity contribution in [2.75, 3.05) is 26.2 Å². The Bertz CT molecular complexity index is 890. The summed E-state index contributed by atoms with van der Waals surface area (Å²) >= 11 is 0. The second kappa shape index (κ2) is 10.3. The van der Waals surface area contributed by atoms with E-state index in [1.54, 1.807) is 12.3 Å². The average molecular weight is 407 g/mol. The molecule has 0 spiro atoms. The standard InChI is InChI=1S/C24H30N4O2/c29-24(27-26-21-12-6-9-19-10-7-14-25-23(19)21)20-11-2-3-13-22(20)30-18-8-17-28-15-4-1-5-16-28/h2-3,7,10-11,13-14H,1,4-6,8-9,12,15-18H2,(H,27,29)/b26-21+. The molecule has 1 aromatic carbocycles. The van der Waals surface area contributed by atoms with Gasteiger partial charge in [0.1, 0.15) is 5.75 Å². The molecule has 1 aliphatic carbocycles. The highest BCUT2D eigenvalue weighted by molar-refractivity contribution is 6.03. The number of nitrogens with zero attached hydrogens (tertiary/aromatic N) is 3. The van der Waals surface area contributed by atoms with E-state index in [1.165, 1.54) is 37.9 Å². The zero-order valence-corrected chi connectivity index (χ0v) is 17.5. The second-order valence-electron chi connectivity index (χ2n) is 7.96. The number of amides is 1. The number of piperidine rings is 1. The van der Waals surface area contributed by atoms with E-state index in [9.17, 15) is 4.79 Å². The van der Waals surface area contributed by atoms with Crippen LogP contribution in [0, 0.1) is 0 Å². The second-order valence-corrected chi connectivity index (χ2v) is 7.96. The summed E-state index contributed by atoms with van der Waals surface area (Å²) < 4.78 is 5.95. The SMILES string of the molecule is O=C(N/N=C1\CCCc2cccnc21)c1ccccc1OCCCN1CCCCC1. The van der Waals surface area contributed by atoms with Crippen LogP contribution in [0.2, 0.25) is 0 Å². The molecular weight excluding hydrogens is 376 g/mol. The van der Waals surface area contributed by atoms with Crippen LogP contribution in [0.15, 0.2) is 47.7 Å². The summed E-state index contributed by atoms with van der Waals surface area (Å²) in [6.45, 7) is 4.04. The van der Waals surface area contributed by atoms with Crippen LogP contribution in [0.1, 0.15) is 60.1 Å². The van der Waals surface area contributed by atoms with Crippen molar-refractivity contribution in [1.29, 1.82) is 0 Å². The third-order valence-corrected chi connectivity index (χ3v) is 5.77. The third-order valence-electron chi connectivity index (χ3n) is 5.77. The van der Waals surface area contributed by atoms with Crippen LogP contribution < -0.4 is 10.2 Å². The summed E-state index contributed by atoms with van der Waals surface area (Å²) in [5.74, 6) is 0.355. The van der Waals surface area contributed by atoms with Gasteiger partial charge in [-0.1, -0.05) is 24.6 Å². The van der Waals surface area contributed by atoms with Gasteiger partial charge in [0.15, 0.2) is 0 Å². The molecule has 1 saturated heterocycles. The number of hydrazone groups is 1. The molecule has 1 aromatic heterocycles. The van der Waals surface area contributed by atoms with Crippen molar-refractivity contribution in [2.45, 2.75) is 44.9 Å². The largest absolute Gasteiger partial charge is 0.493 e. The molecule has 0 radical (unpaired) electrons. The van der Waals surface area contributed by atoms with E-state index < -0.39 is 0 Å². The molecule has 1 amide bonds. The van der Waals surface area contributed by atoms with Gasteiger partial charge in [0.05, 0.1) is 23.6 Å². The van der Waals surface area contributed by atoms with Crippen LogP contribution >= 0.6 is 0 Å². The first-order valence-electron chi connectivity index (χ1n) is 11.1. The first-order valence-corrected chi connectivity index (χ1v) is 11.1. The Kier molecular flexibility index (Phi) is 7.08. The molecule has 2 heterocycles. The average Bonchev–Trinajstić information content (AvgIpc) is 2.81. The van der Waals surface area contributed by atoms with Crippen LogP contribution in [0.3, 0.4) is 0 Å². The molecule has 0 saturated carbocycles. The molecule has 0 bridgehead atoms. The van der Waals surface area contributed by atoms with Crippen LogP contribution in [0.4, 0.5) is 0 Å². The fourth-order valence-electron chi connectivity index (χ4n) is 4.19. The van der Waals surface area contributed by atoms with Gasteiger partial charge in [-0.05, 0) is 75.4 Å². The van der Waals surface area contributed by atoms with Crippen molar-refractivity contribution in [3.8, 4) is 5.75 Å². The highest BCUT2D eigenvalue weighted by Crippen LogP contribution is 2.21.